The van der Waals surface area contributed by atoms with E-state index in [1.54, 1.807) is 4.90 Å². The predicted molar refractivity (Wildman–Crippen MR) is 64.4 cm³/mol. The van der Waals surface area contributed by atoms with Crippen LogP contribution in [0.5, 0.6) is 0 Å². The van der Waals surface area contributed by atoms with Gasteiger partial charge in [-0.2, -0.15) is 0 Å². The van der Waals surface area contributed by atoms with Crippen molar-refractivity contribution < 1.29 is 14.3 Å². The number of rotatable bonds is 2. The van der Waals surface area contributed by atoms with Crippen LogP contribution in [0.4, 0.5) is 4.79 Å². The average Bonchev–Trinajstić information content (AvgIpc) is 2.14. The number of likely N-dealkylation sites (tertiary alicyclic amines) is 1. The van der Waals surface area contributed by atoms with Crippen LogP contribution in [-0.4, -0.2) is 35.1 Å². The molecule has 17 heavy (non-hydrogen) atoms. The number of hydrogen-bond acceptors (Lipinski definition) is 3. The third-order valence-corrected chi connectivity index (χ3v) is 2.69. The fourth-order valence-electron chi connectivity index (χ4n) is 2.01. The molecule has 0 spiro atoms. The van der Waals surface area contributed by atoms with Gasteiger partial charge in [-0.05, 0) is 40.0 Å². The Morgan fingerprint density at radius 1 is 1.35 bits per heavy atom. The Labute approximate surface area is 102 Å². The van der Waals surface area contributed by atoms with Gasteiger partial charge in [-0.25, -0.2) is 4.79 Å². The fourth-order valence-corrected chi connectivity index (χ4v) is 2.01. The monoisotopic (exact) mass is 242 g/mol. The van der Waals surface area contributed by atoms with Gasteiger partial charge in [0.25, 0.3) is 0 Å². The van der Waals surface area contributed by atoms with Crippen LogP contribution in [0.25, 0.3) is 0 Å². The molecule has 2 N–H and O–H groups in total. The highest BCUT2D eigenvalue weighted by Crippen LogP contribution is 2.22. The number of hydrogen-bond donors (Lipinski definition) is 1. The summed E-state index contributed by atoms with van der Waals surface area (Å²) in [5.41, 5.74) is 4.69. The van der Waals surface area contributed by atoms with Crippen molar-refractivity contribution in [2.24, 2.45) is 5.73 Å². The van der Waals surface area contributed by atoms with Crippen LogP contribution >= 0.6 is 0 Å². The van der Waals surface area contributed by atoms with Gasteiger partial charge in [0.2, 0.25) is 5.91 Å². The molecule has 0 unspecified atom stereocenters. The number of primary amides is 1. The Balaban J connectivity index is 2.64. The van der Waals surface area contributed by atoms with Gasteiger partial charge in [0.15, 0.2) is 0 Å². The molecule has 5 nitrogen and oxygen atoms in total. The highest BCUT2D eigenvalue weighted by molar-refractivity contribution is 5.76. The first-order valence-electron chi connectivity index (χ1n) is 6.07. The normalized spacial score (nSPS) is 21.1. The maximum atomic E-state index is 12.0. The van der Waals surface area contributed by atoms with Gasteiger partial charge in [0.1, 0.15) is 5.60 Å². The molecule has 1 heterocycles. The summed E-state index contributed by atoms with van der Waals surface area (Å²) >= 11 is 0. The fraction of sp³-hybridized carbons (Fsp3) is 0.833. The second kappa shape index (κ2) is 5.38. The molecule has 0 aromatic heterocycles. The summed E-state index contributed by atoms with van der Waals surface area (Å²) in [4.78, 5) is 24.6. The lowest BCUT2D eigenvalue weighted by atomic mass is 10.00. The van der Waals surface area contributed by atoms with Gasteiger partial charge in [0.05, 0.1) is 0 Å². The maximum absolute atomic E-state index is 12.0. The summed E-state index contributed by atoms with van der Waals surface area (Å²) in [6, 6.07) is -0.101. The van der Waals surface area contributed by atoms with E-state index in [-0.39, 0.29) is 24.5 Å². The molecule has 2 amide bonds. The van der Waals surface area contributed by atoms with Gasteiger partial charge >= 0.3 is 6.09 Å². The summed E-state index contributed by atoms with van der Waals surface area (Å²) in [6.07, 6.45) is 2.68. The third-order valence-electron chi connectivity index (χ3n) is 2.69. The quantitative estimate of drug-likeness (QED) is 0.800. The van der Waals surface area contributed by atoms with Crippen molar-refractivity contribution >= 4 is 12.0 Å². The first-order valence-corrected chi connectivity index (χ1v) is 6.07. The topological polar surface area (TPSA) is 72.6 Å². The number of carbonyl (C=O) groups is 2. The van der Waals surface area contributed by atoms with Crippen LogP contribution in [0.15, 0.2) is 0 Å². The molecule has 98 valence electrons. The second-order valence-electron chi connectivity index (χ2n) is 5.49. The number of ether oxygens (including phenoxy) is 1. The highest BCUT2D eigenvalue weighted by Gasteiger charge is 2.31. The van der Waals surface area contributed by atoms with Crippen LogP contribution in [0.1, 0.15) is 46.5 Å². The molecule has 0 radical (unpaired) electrons. The van der Waals surface area contributed by atoms with Gasteiger partial charge < -0.3 is 15.4 Å². The van der Waals surface area contributed by atoms with Gasteiger partial charge in [0, 0.05) is 19.0 Å². The largest absolute Gasteiger partial charge is 0.444 e. The first kappa shape index (κ1) is 13.8. The van der Waals surface area contributed by atoms with Crippen molar-refractivity contribution in [3.8, 4) is 0 Å². The Morgan fingerprint density at radius 2 is 2.00 bits per heavy atom. The van der Waals surface area contributed by atoms with Crippen molar-refractivity contribution in [1.82, 2.24) is 4.90 Å². The zero-order valence-corrected chi connectivity index (χ0v) is 10.9. The number of carbonyl (C=O) groups excluding carboxylic acids is 2. The van der Waals surface area contributed by atoms with E-state index >= 15 is 0 Å². The molecule has 1 rings (SSSR count). The van der Waals surface area contributed by atoms with Gasteiger partial charge in [-0.15, -0.1) is 0 Å². The molecule has 0 aliphatic carbocycles. The SMILES string of the molecule is CC(C)(C)OC(=O)N1CCCC[C@@H]1CC(N)=O. The van der Waals surface area contributed by atoms with Crippen molar-refractivity contribution in [3.05, 3.63) is 0 Å². The lowest BCUT2D eigenvalue weighted by molar-refractivity contribution is -0.119. The molecule has 0 aromatic carbocycles. The molecule has 0 bridgehead atoms. The van der Waals surface area contributed by atoms with Crippen LogP contribution < -0.4 is 5.73 Å². The predicted octanol–water partition coefficient (Wildman–Crippen LogP) is 1.65. The van der Waals surface area contributed by atoms with E-state index in [0.29, 0.717) is 6.54 Å². The Hall–Kier alpha value is -1.26. The number of nitrogens with two attached hydrogens (primary N) is 1. The molecule has 5 heteroatoms. The molecule has 0 aromatic rings. The summed E-state index contributed by atoms with van der Waals surface area (Å²) in [5.74, 6) is -0.370. The molecular formula is C12H22N2O3. The second-order valence-corrected chi connectivity index (χ2v) is 5.49. The molecule has 1 aliphatic heterocycles. The Bertz CT molecular complexity index is 297. The average molecular weight is 242 g/mol. The molecule has 1 atom stereocenters. The van der Waals surface area contributed by atoms with Gasteiger partial charge in [-0.3, -0.25) is 4.79 Å². The number of amides is 2. The highest BCUT2D eigenvalue weighted by atomic mass is 16.6. The molecule has 1 fully saturated rings. The van der Waals surface area contributed by atoms with Crippen molar-refractivity contribution in [1.29, 1.82) is 0 Å². The minimum absolute atomic E-state index is 0.101. The summed E-state index contributed by atoms with van der Waals surface area (Å²) in [7, 11) is 0. The molecular weight excluding hydrogens is 220 g/mol. The first-order chi connectivity index (χ1) is 7.79. The minimum atomic E-state index is -0.508. The summed E-state index contributed by atoms with van der Waals surface area (Å²) in [6.45, 7) is 6.14. The standard InChI is InChI=1S/C12H22N2O3/c1-12(2,3)17-11(16)14-7-5-4-6-9(14)8-10(13)15/h9H,4-8H2,1-3H3,(H2,13,15)/t9-/m1/s1. The van der Waals surface area contributed by atoms with E-state index in [0.717, 1.165) is 19.3 Å². The number of piperidine rings is 1. The molecule has 0 saturated carbocycles. The van der Waals surface area contributed by atoms with Crippen LogP contribution in [0.3, 0.4) is 0 Å². The van der Waals surface area contributed by atoms with E-state index in [2.05, 4.69) is 0 Å². The minimum Gasteiger partial charge on any atom is -0.444 e. The van der Waals surface area contributed by atoms with Gasteiger partial charge in [-0.1, -0.05) is 0 Å². The number of nitrogens with zero attached hydrogens (tertiary/aromatic N) is 1. The van der Waals surface area contributed by atoms with Crippen LogP contribution in [0.2, 0.25) is 0 Å². The third kappa shape index (κ3) is 4.63. The molecule has 1 aliphatic rings. The Kier molecular flexibility index (Phi) is 4.37. The summed E-state index contributed by atoms with van der Waals surface area (Å²) < 4.78 is 5.32. The van der Waals surface area contributed by atoms with Crippen molar-refractivity contribution in [2.75, 3.05) is 6.54 Å². The van der Waals surface area contributed by atoms with Crippen LogP contribution in [-0.2, 0) is 9.53 Å². The lowest BCUT2D eigenvalue weighted by Crippen LogP contribution is -2.47. The zero-order chi connectivity index (χ0) is 13.1. The van der Waals surface area contributed by atoms with Crippen LogP contribution in [0, 0.1) is 0 Å². The van der Waals surface area contributed by atoms with E-state index < -0.39 is 5.60 Å². The van der Waals surface area contributed by atoms with E-state index in [1.165, 1.54) is 0 Å². The zero-order valence-electron chi connectivity index (χ0n) is 10.9. The maximum Gasteiger partial charge on any atom is 0.410 e. The van der Waals surface area contributed by atoms with Crippen molar-refractivity contribution in [2.45, 2.75) is 58.1 Å². The van der Waals surface area contributed by atoms with E-state index in [9.17, 15) is 9.59 Å². The smallest absolute Gasteiger partial charge is 0.410 e. The Morgan fingerprint density at radius 3 is 2.53 bits per heavy atom. The van der Waals surface area contributed by atoms with E-state index in [1.807, 2.05) is 20.8 Å². The van der Waals surface area contributed by atoms with E-state index in [4.69, 9.17) is 10.5 Å². The van der Waals surface area contributed by atoms with Crippen molar-refractivity contribution in [3.63, 3.8) is 0 Å². The lowest BCUT2D eigenvalue weighted by Gasteiger charge is -2.36. The molecule has 1 saturated heterocycles. The summed E-state index contributed by atoms with van der Waals surface area (Å²) in [5, 5.41) is 0.